The van der Waals surface area contributed by atoms with Crippen LogP contribution in [0.3, 0.4) is 0 Å². The highest BCUT2D eigenvalue weighted by Gasteiger charge is 2.20. The Bertz CT molecular complexity index is 1240. The molecule has 34 heavy (non-hydrogen) atoms. The first kappa shape index (κ1) is 24.9. The minimum absolute atomic E-state index is 0.284. The van der Waals surface area contributed by atoms with E-state index < -0.39 is 5.56 Å². The number of ether oxygens (including phenoxy) is 3. The molecule has 182 valence electrons. The maximum absolute atomic E-state index is 13.0. The standard InChI is InChI=1S/C25H33N5O4/c1-15(2)23(29(3)4)26-17-11-9-10-16(12-17)14-30(5)25-27-18-13-19(32-6)21(33-7)22(34-8)20(18)24(31)28-25/h9-13,15H,14H2,1-8H3,(H,27,28,31)/b26-23+. The number of amidine groups is 1. The molecule has 1 heterocycles. The van der Waals surface area contributed by atoms with Crippen LogP contribution in [0.15, 0.2) is 40.1 Å². The number of nitrogens with zero attached hydrogens (tertiary/aromatic N) is 4. The monoisotopic (exact) mass is 467 g/mol. The van der Waals surface area contributed by atoms with E-state index in [2.05, 4.69) is 23.8 Å². The van der Waals surface area contributed by atoms with Crippen molar-refractivity contribution in [2.75, 3.05) is 47.4 Å². The number of benzene rings is 2. The maximum atomic E-state index is 13.0. The first-order valence-corrected chi connectivity index (χ1v) is 11.0. The van der Waals surface area contributed by atoms with Gasteiger partial charge in [-0.2, -0.15) is 4.98 Å². The van der Waals surface area contributed by atoms with Crippen molar-refractivity contribution in [3.63, 3.8) is 0 Å². The molecule has 0 fully saturated rings. The van der Waals surface area contributed by atoms with Crippen LogP contribution in [0.1, 0.15) is 19.4 Å². The molecule has 0 unspecified atom stereocenters. The lowest BCUT2D eigenvalue weighted by Gasteiger charge is -2.20. The van der Waals surface area contributed by atoms with E-state index in [4.69, 9.17) is 19.2 Å². The third kappa shape index (κ3) is 5.08. The first-order valence-electron chi connectivity index (χ1n) is 11.0. The number of H-pyrrole nitrogens is 1. The van der Waals surface area contributed by atoms with Gasteiger partial charge < -0.3 is 29.0 Å². The van der Waals surface area contributed by atoms with Crippen molar-refractivity contribution >= 4 is 28.4 Å². The number of hydrogen-bond donors (Lipinski definition) is 1. The van der Waals surface area contributed by atoms with E-state index in [0.29, 0.717) is 40.8 Å². The Morgan fingerprint density at radius 2 is 1.76 bits per heavy atom. The summed E-state index contributed by atoms with van der Waals surface area (Å²) in [5.41, 5.74) is 2.05. The van der Waals surface area contributed by atoms with Gasteiger partial charge in [0, 0.05) is 39.7 Å². The summed E-state index contributed by atoms with van der Waals surface area (Å²) < 4.78 is 16.3. The van der Waals surface area contributed by atoms with Crippen LogP contribution in [0.4, 0.5) is 11.6 Å². The zero-order valence-electron chi connectivity index (χ0n) is 21.1. The molecule has 0 aliphatic rings. The molecular weight excluding hydrogens is 434 g/mol. The van der Waals surface area contributed by atoms with Gasteiger partial charge in [0.15, 0.2) is 11.5 Å². The van der Waals surface area contributed by atoms with Gasteiger partial charge in [-0.1, -0.05) is 26.0 Å². The van der Waals surface area contributed by atoms with Crippen LogP contribution in [0.5, 0.6) is 17.2 Å². The number of aromatic amines is 1. The fourth-order valence-corrected chi connectivity index (χ4v) is 3.90. The average molecular weight is 468 g/mol. The van der Waals surface area contributed by atoms with Crippen molar-refractivity contribution in [1.29, 1.82) is 0 Å². The Morgan fingerprint density at radius 3 is 2.35 bits per heavy atom. The summed E-state index contributed by atoms with van der Waals surface area (Å²) in [5.74, 6) is 2.82. The van der Waals surface area contributed by atoms with Gasteiger partial charge in [-0.05, 0) is 17.7 Å². The summed E-state index contributed by atoms with van der Waals surface area (Å²) in [7, 11) is 10.4. The Labute approximate surface area is 200 Å². The van der Waals surface area contributed by atoms with Crippen molar-refractivity contribution in [1.82, 2.24) is 14.9 Å². The van der Waals surface area contributed by atoms with Gasteiger partial charge in [0.1, 0.15) is 11.2 Å². The molecule has 0 bridgehead atoms. The van der Waals surface area contributed by atoms with Gasteiger partial charge in [-0.3, -0.25) is 4.79 Å². The largest absolute Gasteiger partial charge is 0.493 e. The summed E-state index contributed by atoms with van der Waals surface area (Å²) in [4.78, 5) is 29.2. The highest BCUT2D eigenvalue weighted by molar-refractivity contribution is 5.90. The lowest BCUT2D eigenvalue weighted by atomic mass is 10.1. The Kier molecular flexibility index (Phi) is 7.65. The zero-order valence-corrected chi connectivity index (χ0v) is 21.1. The predicted octanol–water partition coefficient (Wildman–Crippen LogP) is 3.83. The number of nitrogens with one attached hydrogen (secondary N) is 1. The molecule has 0 spiro atoms. The second kappa shape index (κ2) is 10.5. The van der Waals surface area contributed by atoms with Crippen LogP contribution in [0.2, 0.25) is 0 Å². The zero-order chi connectivity index (χ0) is 25.0. The van der Waals surface area contributed by atoms with Crippen molar-refractivity contribution < 1.29 is 14.2 Å². The molecular formula is C25H33N5O4. The molecule has 1 N–H and O–H groups in total. The average Bonchev–Trinajstić information content (AvgIpc) is 2.80. The molecule has 0 radical (unpaired) electrons. The van der Waals surface area contributed by atoms with E-state index in [0.717, 1.165) is 17.1 Å². The third-order valence-corrected chi connectivity index (χ3v) is 5.41. The minimum atomic E-state index is -0.417. The third-order valence-electron chi connectivity index (χ3n) is 5.41. The highest BCUT2D eigenvalue weighted by Crippen LogP contribution is 2.41. The summed E-state index contributed by atoms with van der Waals surface area (Å²) in [6.07, 6.45) is 0. The normalized spacial score (nSPS) is 11.6. The van der Waals surface area contributed by atoms with Gasteiger partial charge in [0.25, 0.3) is 5.56 Å². The predicted molar refractivity (Wildman–Crippen MR) is 136 cm³/mol. The molecule has 0 saturated heterocycles. The topological polar surface area (TPSA) is 92.3 Å². The molecule has 0 atom stereocenters. The summed E-state index contributed by atoms with van der Waals surface area (Å²) in [5, 5.41) is 0.304. The molecule has 0 saturated carbocycles. The number of aliphatic imine (C=N–C) groups is 1. The number of fused-ring (bicyclic) bond motifs is 1. The summed E-state index contributed by atoms with van der Waals surface area (Å²) in [6, 6.07) is 9.74. The summed E-state index contributed by atoms with van der Waals surface area (Å²) >= 11 is 0. The maximum Gasteiger partial charge on any atom is 0.286 e. The van der Waals surface area contributed by atoms with E-state index >= 15 is 0 Å². The number of rotatable bonds is 8. The SMILES string of the molecule is COc1cc2[nH]c(N(C)Cc3cccc(/N=C(\C(C)C)N(C)C)c3)nc(=O)c2c(OC)c1OC. The van der Waals surface area contributed by atoms with Crippen LogP contribution in [-0.2, 0) is 6.54 Å². The van der Waals surface area contributed by atoms with Gasteiger partial charge in [-0.25, -0.2) is 4.99 Å². The smallest absolute Gasteiger partial charge is 0.286 e. The van der Waals surface area contributed by atoms with E-state index in [1.165, 1.54) is 21.3 Å². The second-order valence-corrected chi connectivity index (χ2v) is 8.48. The van der Waals surface area contributed by atoms with Crippen molar-refractivity contribution in [2.24, 2.45) is 10.9 Å². The number of anilines is 1. The van der Waals surface area contributed by atoms with Crippen LogP contribution < -0.4 is 24.7 Å². The van der Waals surface area contributed by atoms with Crippen LogP contribution in [0, 0.1) is 5.92 Å². The van der Waals surface area contributed by atoms with Crippen molar-refractivity contribution in [3.05, 3.63) is 46.2 Å². The fraction of sp³-hybridized carbons (Fsp3) is 0.400. The molecule has 3 aromatic rings. The number of hydrogen-bond acceptors (Lipinski definition) is 7. The fourth-order valence-electron chi connectivity index (χ4n) is 3.90. The molecule has 0 amide bonds. The van der Waals surface area contributed by atoms with Crippen LogP contribution in [0.25, 0.3) is 10.9 Å². The first-order chi connectivity index (χ1) is 16.2. The second-order valence-electron chi connectivity index (χ2n) is 8.48. The molecule has 1 aromatic heterocycles. The Balaban J connectivity index is 1.98. The quantitative estimate of drug-likeness (QED) is 0.398. The number of methoxy groups -OCH3 is 3. The van der Waals surface area contributed by atoms with E-state index in [9.17, 15) is 4.79 Å². The molecule has 0 aliphatic heterocycles. The van der Waals surface area contributed by atoms with Gasteiger partial charge >= 0.3 is 0 Å². The molecule has 9 nitrogen and oxygen atoms in total. The molecule has 9 heteroatoms. The number of aromatic nitrogens is 2. The molecule has 2 aromatic carbocycles. The van der Waals surface area contributed by atoms with E-state index in [1.54, 1.807) is 6.07 Å². The lowest BCUT2D eigenvalue weighted by Crippen LogP contribution is -2.26. The van der Waals surface area contributed by atoms with E-state index in [1.807, 2.05) is 55.2 Å². The van der Waals surface area contributed by atoms with Crippen molar-refractivity contribution in [3.8, 4) is 17.2 Å². The highest BCUT2D eigenvalue weighted by atomic mass is 16.5. The molecule has 3 rings (SSSR count). The van der Waals surface area contributed by atoms with Crippen LogP contribution >= 0.6 is 0 Å². The van der Waals surface area contributed by atoms with Crippen molar-refractivity contribution in [2.45, 2.75) is 20.4 Å². The Morgan fingerprint density at radius 1 is 1.06 bits per heavy atom. The lowest BCUT2D eigenvalue weighted by molar-refractivity contribution is 0.327. The van der Waals surface area contributed by atoms with Gasteiger partial charge in [0.2, 0.25) is 11.7 Å². The molecule has 0 aliphatic carbocycles. The minimum Gasteiger partial charge on any atom is -0.493 e. The van der Waals surface area contributed by atoms with Gasteiger partial charge in [0.05, 0.1) is 32.5 Å². The van der Waals surface area contributed by atoms with E-state index in [-0.39, 0.29) is 5.75 Å². The van der Waals surface area contributed by atoms with Crippen LogP contribution in [-0.4, -0.2) is 63.2 Å². The van der Waals surface area contributed by atoms with Gasteiger partial charge in [-0.15, -0.1) is 0 Å². The Hall–Kier alpha value is -3.75. The summed E-state index contributed by atoms with van der Waals surface area (Å²) in [6.45, 7) is 4.77.